The van der Waals surface area contributed by atoms with Gasteiger partial charge in [-0.2, -0.15) is 0 Å². The van der Waals surface area contributed by atoms with Gasteiger partial charge in [-0.3, -0.25) is 0 Å². The molecule has 92 valence electrons. The van der Waals surface area contributed by atoms with Crippen molar-refractivity contribution in [1.82, 2.24) is 5.32 Å². The zero-order chi connectivity index (χ0) is 12.5. The molecule has 3 heteroatoms. The van der Waals surface area contributed by atoms with Crippen LogP contribution in [0.4, 0.5) is 0 Å². The van der Waals surface area contributed by atoms with E-state index in [4.69, 9.17) is 23.2 Å². The topological polar surface area (TPSA) is 12.0 Å². The van der Waals surface area contributed by atoms with Gasteiger partial charge in [0.2, 0.25) is 0 Å². The zero-order valence-corrected chi connectivity index (χ0v) is 11.3. The van der Waals surface area contributed by atoms with Crippen LogP contribution in [-0.2, 0) is 6.42 Å². The maximum Gasteiger partial charge on any atom is 0.0595 e. The fourth-order valence-corrected chi connectivity index (χ4v) is 2.80. The van der Waals surface area contributed by atoms with Crippen molar-refractivity contribution in [2.24, 2.45) is 0 Å². The predicted octanol–water partition coefficient (Wildman–Crippen LogP) is 4.23. The number of fused-ring (bicyclic) bond motifs is 1. The fourth-order valence-electron chi connectivity index (χ4n) is 2.49. The monoisotopic (exact) mass is 277 g/mol. The average Bonchev–Trinajstić information content (AvgIpc) is 2.41. The molecule has 0 aliphatic carbocycles. The highest BCUT2D eigenvalue weighted by atomic mass is 35.5. The van der Waals surface area contributed by atoms with Crippen LogP contribution in [0.1, 0.15) is 22.7 Å². The lowest BCUT2D eigenvalue weighted by Gasteiger charge is -2.27. The standard InChI is InChI=1S/C15H13Cl2N/c16-13-6-5-11(9-14(13)17)15-12-4-2-1-3-10(12)7-8-18-15/h1-6,9,15,18H,7-8H2/t15-/m0/s1. The Bertz CT molecular complexity index is 580. The molecule has 0 saturated heterocycles. The molecule has 0 radical (unpaired) electrons. The first-order valence-corrected chi connectivity index (χ1v) is 6.77. The van der Waals surface area contributed by atoms with E-state index in [1.807, 2.05) is 18.2 Å². The smallest absolute Gasteiger partial charge is 0.0595 e. The molecule has 1 aliphatic heterocycles. The van der Waals surface area contributed by atoms with Gasteiger partial charge in [0.05, 0.1) is 16.1 Å². The summed E-state index contributed by atoms with van der Waals surface area (Å²) in [7, 11) is 0. The summed E-state index contributed by atoms with van der Waals surface area (Å²) in [5.41, 5.74) is 3.91. The normalized spacial score (nSPS) is 18.4. The van der Waals surface area contributed by atoms with Crippen molar-refractivity contribution in [2.45, 2.75) is 12.5 Å². The lowest BCUT2D eigenvalue weighted by molar-refractivity contribution is 0.568. The van der Waals surface area contributed by atoms with Crippen LogP contribution in [0.2, 0.25) is 10.0 Å². The molecule has 0 aromatic heterocycles. The summed E-state index contributed by atoms with van der Waals surface area (Å²) >= 11 is 12.1. The van der Waals surface area contributed by atoms with E-state index in [9.17, 15) is 0 Å². The van der Waals surface area contributed by atoms with E-state index < -0.39 is 0 Å². The van der Waals surface area contributed by atoms with Crippen LogP contribution in [0, 0.1) is 0 Å². The third-order valence-electron chi connectivity index (χ3n) is 3.39. The predicted molar refractivity (Wildman–Crippen MR) is 76.5 cm³/mol. The van der Waals surface area contributed by atoms with Crippen molar-refractivity contribution in [3.05, 3.63) is 69.2 Å². The van der Waals surface area contributed by atoms with E-state index in [-0.39, 0.29) is 6.04 Å². The van der Waals surface area contributed by atoms with Crippen LogP contribution in [0.5, 0.6) is 0 Å². The first-order chi connectivity index (χ1) is 8.75. The Balaban J connectivity index is 2.05. The Morgan fingerprint density at radius 2 is 1.83 bits per heavy atom. The number of halogens is 2. The molecule has 0 saturated carbocycles. The summed E-state index contributed by atoms with van der Waals surface area (Å²) in [5, 5.41) is 4.75. The van der Waals surface area contributed by atoms with Gasteiger partial charge in [-0.1, -0.05) is 53.5 Å². The number of benzene rings is 2. The first-order valence-electron chi connectivity index (χ1n) is 6.02. The molecule has 1 aliphatic rings. The summed E-state index contributed by atoms with van der Waals surface area (Å²) < 4.78 is 0. The third kappa shape index (κ3) is 2.14. The molecule has 1 heterocycles. The molecule has 1 N–H and O–H groups in total. The van der Waals surface area contributed by atoms with Gasteiger partial charge in [0.1, 0.15) is 0 Å². The Morgan fingerprint density at radius 3 is 2.67 bits per heavy atom. The number of nitrogens with one attached hydrogen (secondary N) is 1. The lowest BCUT2D eigenvalue weighted by Crippen LogP contribution is -2.30. The number of rotatable bonds is 1. The summed E-state index contributed by atoms with van der Waals surface area (Å²) in [6, 6.07) is 14.6. The van der Waals surface area contributed by atoms with Crippen molar-refractivity contribution in [3.63, 3.8) is 0 Å². The molecule has 0 unspecified atom stereocenters. The highest BCUT2D eigenvalue weighted by molar-refractivity contribution is 6.42. The van der Waals surface area contributed by atoms with E-state index in [1.54, 1.807) is 0 Å². The Kier molecular flexibility index (Phi) is 3.29. The van der Waals surface area contributed by atoms with Gasteiger partial charge in [-0.05, 0) is 35.2 Å². The fraction of sp³-hybridized carbons (Fsp3) is 0.200. The second-order valence-corrected chi connectivity index (χ2v) is 5.32. The van der Waals surface area contributed by atoms with Crippen LogP contribution in [0.3, 0.4) is 0 Å². The van der Waals surface area contributed by atoms with Gasteiger partial charge >= 0.3 is 0 Å². The molecule has 3 rings (SSSR count). The molecular weight excluding hydrogens is 265 g/mol. The molecule has 1 nitrogen and oxygen atoms in total. The van der Waals surface area contributed by atoms with Gasteiger partial charge in [-0.15, -0.1) is 0 Å². The largest absolute Gasteiger partial charge is 0.306 e. The maximum absolute atomic E-state index is 6.10. The van der Waals surface area contributed by atoms with Crippen molar-refractivity contribution >= 4 is 23.2 Å². The van der Waals surface area contributed by atoms with Crippen LogP contribution < -0.4 is 5.32 Å². The van der Waals surface area contributed by atoms with Gasteiger partial charge in [0, 0.05) is 6.54 Å². The second-order valence-electron chi connectivity index (χ2n) is 4.51. The number of hydrogen-bond donors (Lipinski definition) is 1. The highest BCUT2D eigenvalue weighted by Gasteiger charge is 2.21. The first kappa shape index (κ1) is 12.0. The molecule has 1 atom stereocenters. The lowest BCUT2D eigenvalue weighted by atomic mass is 9.90. The summed E-state index contributed by atoms with van der Waals surface area (Å²) in [6.45, 7) is 0.988. The maximum atomic E-state index is 6.10. The van der Waals surface area contributed by atoms with Crippen molar-refractivity contribution in [3.8, 4) is 0 Å². The molecule has 18 heavy (non-hydrogen) atoms. The van der Waals surface area contributed by atoms with Crippen LogP contribution in [0.25, 0.3) is 0 Å². The van der Waals surface area contributed by atoms with E-state index in [1.165, 1.54) is 11.1 Å². The molecular formula is C15H13Cl2N. The minimum Gasteiger partial charge on any atom is -0.306 e. The summed E-state index contributed by atoms with van der Waals surface area (Å²) in [6.07, 6.45) is 1.08. The van der Waals surface area contributed by atoms with Crippen LogP contribution in [0.15, 0.2) is 42.5 Å². The van der Waals surface area contributed by atoms with Crippen molar-refractivity contribution < 1.29 is 0 Å². The molecule has 0 fully saturated rings. The van der Waals surface area contributed by atoms with E-state index >= 15 is 0 Å². The van der Waals surface area contributed by atoms with Gasteiger partial charge in [0.15, 0.2) is 0 Å². The molecule has 0 amide bonds. The quantitative estimate of drug-likeness (QED) is 0.823. The van der Waals surface area contributed by atoms with Crippen molar-refractivity contribution in [2.75, 3.05) is 6.54 Å². The van der Waals surface area contributed by atoms with Crippen LogP contribution >= 0.6 is 23.2 Å². The van der Waals surface area contributed by atoms with E-state index in [0.717, 1.165) is 18.5 Å². The minimum absolute atomic E-state index is 0.213. The molecule has 0 bridgehead atoms. The zero-order valence-electron chi connectivity index (χ0n) is 9.79. The Hall–Kier alpha value is -1.02. The highest BCUT2D eigenvalue weighted by Crippen LogP contribution is 2.32. The van der Waals surface area contributed by atoms with Crippen LogP contribution in [-0.4, -0.2) is 6.54 Å². The Labute approximate surface area is 117 Å². The summed E-state index contributed by atoms with van der Waals surface area (Å²) in [4.78, 5) is 0. The number of hydrogen-bond acceptors (Lipinski definition) is 1. The van der Waals surface area contributed by atoms with Crippen molar-refractivity contribution in [1.29, 1.82) is 0 Å². The molecule has 2 aromatic carbocycles. The molecule has 0 spiro atoms. The SMILES string of the molecule is Clc1ccc([C@@H]2NCCc3ccccc32)cc1Cl. The summed E-state index contributed by atoms with van der Waals surface area (Å²) in [5.74, 6) is 0. The van der Waals surface area contributed by atoms with E-state index in [2.05, 4.69) is 29.6 Å². The average molecular weight is 278 g/mol. The minimum atomic E-state index is 0.213. The van der Waals surface area contributed by atoms with E-state index in [0.29, 0.717) is 10.0 Å². The van der Waals surface area contributed by atoms with Gasteiger partial charge in [0.25, 0.3) is 0 Å². The third-order valence-corrected chi connectivity index (χ3v) is 4.12. The Morgan fingerprint density at radius 1 is 1.00 bits per heavy atom. The van der Waals surface area contributed by atoms with Gasteiger partial charge < -0.3 is 5.32 Å². The van der Waals surface area contributed by atoms with Gasteiger partial charge in [-0.25, -0.2) is 0 Å². The second kappa shape index (κ2) is 4.93. The molecule has 2 aromatic rings.